The highest BCUT2D eigenvalue weighted by Gasteiger charge is 2.29. The average Bonchev–Trinajstić information content (AvgIpc) is 3.02. The number of para-hydroxylation sites is 1. The van der Waals surface area contributed by atoms with Crippen molar-refractivity contribution in [3.63, 3.8) is 0 Å². The summed E-state index contributed by atoms with van der Waals surface area (Å²) < 4.78 is 7.96. The van der Waals surface area contributed by atoms with Crippen molar-refractivity contribution in [2.75, 3.05) is 7.11 Å². The minimum atomic E-state index is -0.998. The molecule has 0 unspecified atom stereocenters. The van der Waals surface area contributed by atoms with Gasteiger partial charge in [-0.15, -0.1) is 0 Å². The number of carboxylic acid groups (broad SMARTS) is 1. The van der Waals surface area contributed by atoms with E-state index in [2.05, 4.69) is 21.0 Å². The van der Waals surface area contributed by atoms with Gasteiger partial charge in [-0.2, -0.15) is 5.10 Å². The molecule has 0 aliphatic heterocycles. The topological polar surface area (TPSA) is 64.3 Å². The number of nitrogens with zero attached hydrogens (tertiary/aromatic N) is 2. The Morgan fingerprint density at radius 1 is 1.24 bits per heavy atom. The zero-order chi connectivity index (χ0) is 17.6. The molecule has 0 saturated carbocycles. The molecule has 0 bridgehead atoms. The van der Waals surface area contributed by atoms with E-state index >= 15 is 0 Å². The van der Waals surface area contributed by atoms with Crippen molar-refractivity contribution >= 4 is 21.9 Å². The Kier molecular flexibility index (Phi) is 3.84. The van der Waals surface area contributed by atoms with E-state index in [1.54, 1.807) is 11.8 Å². The van der Waals surface area contributed by atoms with Gasteiger partial charge in [0, 0.05) is 11.1 Å². The quantitative estimate of drug-likeness (QED) is 0.720. The number of hydrogen-bond acceptors (Lipinski definition) is 3. The summed E-state index contributed by atoms with van der Waals surface area (Å²) in [6.45, 7) is 0. The Bertz CT molecular complexity index is 980. The molecule has 1 heterocycles. The zero-order valence-electron chi connectivity index (χ0n) is 13.5. The van der Waals surface area contributed by atoms with Crippen LogP contribution in [-0.2, 0) is 12.8 Å². The number of ether oxygens (including phenoxy) is 1. The molecule has 6 heteroatoms. The molecular weight excluding hydrogens is 384 g/mol. The van der Waals surface area contributed by atoms with E-state index in [-0.39, 0.29) is 5.69 Å². The van der Waals surface area contributed by atoms with Gasteiger partial charge >= 0.3 is 5.97 Å². The van der Waals surface area contributed by atoms with Crippen LogP contribution in [0.4, 0.5) is 0 Å². The van der Waals surface area contributed by atoms with Crippen LogP contribution in [0.25, 0.3) is 16.9 Å². The molecule has 1 N–H and O–H groups in total. The van der Waals surface area contributed by atoms with Crippen LogP contribution in [0.3, 0.4) is 0 Å². The third kappa shape index (κ3) is 2.53. The number of benzene rings is 2. The van der Waals surface area contributed by atoms with Crippen molar-refractivity contribution < 1.29 is 14.6 Å². The maximum atomic E-state index is 11.7. The molecular formula is C19H15BrN2O3. The lowest BCUT2D eigenvalue weighted by Crippen LogP contribution is -2.09. The summed E-state index contributed by atoms with van der Waals surface area (Å²) in [5, 5.41) is 14.0. The maximum absolute atomic E-state index is 11.7. The van der Waals surface area contributed by atoms with Crippen LogP contribution in [0.1, 0.15) is 21.6 Å². The highest BCUT2D eigenvalue weighted by Crippen LogP contribution is 2.41. The van der Waals surface area contributed by atoms with Crippen LogP contribution < -0.4 is 4.74 Å². The van der Waals surface area contributed by atoms with Gasteiger partial charge in [-0.05, 0) is 58.6 Å². The summed E-state index contributed by atoms with van der Waals surface area (Å²) in [4.78, 5) is 11.7. The van der Waals surface area contributed by atoms with E-state index < -0.39 is 5.97 Å². The van der Waals surface area contributed by atoms with Gasteiger partial charge in [0.2, 0.25) is 0 Å². The number of carboxylic acids is 1. The van der Waals surface area contributed by atoms with E-state index in [0.717, 1.165) is 44.7 Å². The third-order valence-corrected chi connectivity index (χ3v) is 5.08. The minimum absolute atomic E-state index is 0.122. The first-order chi connectivity index (χ1) is 12.1. The molecule has 5 nitrogen and oxygen atoms in total. The average molecular weight is 399 g/mol. The summed E-state index contributed by atoms with van der Waals surface area (Å²) in [5.74, 6) is -0.228. The highest BCUT2D eigenvalue weighted by atomic mass is 79.9. The van der Waals surface area contributed by atoms with E-state index in [9.17, 15) is 9.90 Å². The summed E-state index contributed by atoms with van der Waals surface area (Å²) in [5.41, 5.74) is 4.69. The molecule has 0 radical (unpaired) electrons. The van der Waals surface area contributed by atoms with E-state index in [4.69, 9.17) is 4.74 Å². The van der Waals surface area contributed by atoms with Crippen LogP contribution in [-0.4, -0.2) is 28.0 Å². The Labute approximate surface area is 153 Å². The lowest BCUT2D eigenvalue weighted by Gasteiger charge is -2.20. The number of aromatic nitrogens is 2. The van der Waals surface area contributed by atoms with E-state index in [1.165, 1.54) is 0 Å². The van der Waals surface area contributed by atoms with Gasteiger partial charge < -0.3 is 9.84 Å². The molecule has 0 spiro atoms. The number of halogens is 1. The molecule has 1 aliphatic carbocycles. The monoisotopic (exact) mass is 398 g/mol. The lowest BCUT2D eigenvalue weighted by atomic mass is 9.88. The Morgan fingerprint density at radius 2 is 2.00 bits per heavy atom. The van der Waals surface area contributed by atoms with Crippen molar-refractivity contribution in [3.05, 3.63) is 63.8 Å². The van der Waals surface area contributed by atoms with Crippen LogP contribution in [0.2, 0.25) is 0 Å². The van der Waals surface area contributed by atoms with Crippen LogP contribution >= 0.6 is 15.9 Å². The Balaban J connectivity index is 2.02. The van der Waals surface area contributed by atoms with Crippen molar-refractivity contribution in [1.29, 1.82) is 0 Å². The zero-order valence-corrected chi connectivity index (χ0v) is 15.1. The normalized spacial score (nSPS) is 12.4. The number of rotatable bonds is 3. The SMILES string of the molecule is COc1cc2c(cc1Br)-c1c(c(C(=O)O)nn1-c1ccccc1)CC2. The predicted molar refractivity (Wildman–Crippen MR) is 97.6 cm³/mol. The second-order valence-electron chi connectivity index (χ2n) is 5.87. The van der Waals surface area contributed by atoms with Crippen LogP contribution in [0, 0.1) is 0 Å². The van der Waals surface area contributed by atoms with Crippen molar-refractivity contribution in [1.82, 2.24) is 9.78 Å². The first-order valence-corrected chi connectivity index (χ1v) is 8.67. The van der Waals surface area contributed by atoms with E-state index in [1.807, 2.05) is 42.5 Å². The lowest BCUT2D eigenvalue weighted by molar-refractivity contribution is 0.0688. The fourth-order valence-electron chi connectivity index (χ4n) is 3.33. The molecule has 2 aromatic carbocycles. The first kappa shape index (κ1) is 15.9. The fraction of sp³-hybridized carbons (Fsp3) is 0.158. The van der Waals surface area contributed by atoms with Gasteiger partial charge in [0.25, 0.3) is 0 Å². The van der Waals surface area contributed by atoms with Gasteiger partial charge in [0.05, 0.1) is 23.0 Å². The fourth-order valence-corrected chi connectivity index (χ4v) is 3.84. The molecule has 0 fully saturated rings. The minimum Gasteiger partial charge on any atom is -0.496 e. The van der Waals surface area contributed by atoms with Crippen molar-refractivity contribution in [3.8, 4) is 22.7 Å². The molecule has 25 heavy (non-hydrogen) atoms. The Hall–Kier alpha value is -2.60. The number of methoxy groups -OCH3 is 1. The maximum Gasteiger partial charge on any atom is 0.356 e. The van der Waals surface area contributed by atoms with Crippen LogP contribution in [0.15, 0.2) is 46.9 Å². The highest BCUT2D eigenvalue weighted by molar-refractivity contribution is 9.10. The van der Waals surface area contributed by atoms with Crippen LogP contribution in [0.5, 0.6) is 5.75 Å². The van der Waals surface area contributed by atoms with Crippen molar-refractivity contribution in [2.24, 2.45) is 0 Å². The number of aryl methyl sites for hydroxylation is 1. The van der Waals surface area contributed by atoms with Gasteiger partial charge in [-0.3, -0.25) is 0 Å². The Morgan fingerprint density at radius 3 is 2.68 bits per heavy atom. The molecule has 4 rings (SSSR count). The smallest absolute Gasteiger partial charge is 0.356 e. The van der Waals surface area contributed by atoms with Gasteiger partial charge in [-0.1, -0.05) is 18.2 Å². The summed E-state index contributed by atoms with van der Waals surface area (Å²) in [6.07, 6.45) is 1.40. The number of hydrogen-bond donors (Lipinski definition) is 1. The van der Waals surface area contributed by atoms with Crippen molar-refractivity contribution in [2.45, 2.75) is 12.8 Å². The summed E-state index contributed by atoms with van der Waals surface area (Å²) >= 11 is 3.53. The second kappa shape index (κ2) is 6.04. The number of fused-ring (bicyclic) bond motifs is 3. The molecule has 3 aromatic rings. The molecule has 0 atom stereocenters. The number of carbonyl (C=O) groups is 1. The molecule has 126 valence electrons. The second-order valence-corrected chi connectivity index (χ2v) is 6.73. The first-order valence-electron chi connectivity index (χ1n) is 7.87. The standard InChI is InChI=1S/C19H15BrN2O3/c1-25-16-9-11-7-8-13-17(19(23)24)21-22(12-5-3-2-4-6-12)18(13)14(11)10-15(16)20/h2-6,9-10H,7-8H2,1H3,(H,23,24). The molecule has 1 aliphatic rings. The summed E-state index contributed by atoms with van der Waals surface area (Å²) in [7, 11) is 1.64. The van der Waals surface area contributed by atoms with E-state index in [0.29, 0.717) is 6.42 Å². The third-order valence-electron chi connectivity index (χ3n) is 4.46. The number of aromatic carboxylic acids is 1. The van der Waals surface area contributed by atoms with Gasteiger partial charge in [-0.25, -0.2) is 9.48 Å². The molecule has 0 saturated heterocycles. The van der Waals surface area contributed by atoms with Gasteiger partial charge in [0.1, 0.15) is 5.75 Å². The molecule has 0 amide bonds. The molecule has 1 aromatic heterocycles. The predicted octanol–water partition coefficient (Wildman–Crippen LogP) is 4.11. The van der Waals surface area contributed by atoms with Gasteiger partial charge in [0.15, 0.2) is 5.69 Å². The summed E-state index contributed by atoms with van der Waals surface area (Å²) in [6, 6.07) is 13.6. The largest absolute Gasteiger partial charge is 0.496 e.